The number of nitro groups is 1. The topological polar surface area (TPSA) is 136 Å². The Hall–Kier alpha value is -3.34. The predicted molar refractivity (Wildman–Crippen MR) is 95.7 cm³/mol. The summed E-state index contributed by atoms with van der Waals surface area (Å²) in [6.07, 6.45) is 1.12. The number of carbonyl (C=O) groups is 1. The second kappa shape index (κ2) is 7.27. The Kier molecular flexibility index (Phi) is 4.89. The molecule has 2 N–H and O–H groups in total. The standard InChI is InChI=1S/C15H11BrN6O4/c16-10-5-9(15(24)13(6-10)22(25)26)7-17-19-14(23)8-21-12-4-2-1-3-11(12)18-20-21/h1-7,24H,8H2,(H,19,23)/b17-7+. The van der Waals surface area contributed by atoms with Crippen molar-refractivity contribution in [1.29, 1.82) is 0 Å². The van der Waals surface area contributed by atoms with Gasteiger partial charge in [-0.05, 0) is 18.2 Å². The van der Waals surface area contributed by atoms with Crippen LogP contribution in [0.4, 0.5) is 5.69 Å². The molecular weight excluding hydrogens is 408 g/mol. The number of carbonyl (C=O) groups excluding carboxylic acids is 1. The van der Waals surface area contributed by atoms with Gasteiger partial charge in [-0.15, -0.1) is 5.10 Å². The van der Waals surface area contributed by atoms with Crippen molar-refractivity contribution in [1.82, 2.24) is 20.4 Å². The lowest BCUT2D eigenvalue weighted by Gasteiger charge is -2.03. The fourth-order valence-corrected chi connectivity index (χ4v) is 2.69. The molecule has 0 aliphatic rings. The van der Waals surface area contributed by atoms with Crippen molar-refractivity contribution >= 4 is 44.8 Å². The number of aromatic hydroxyl groups is 1. The van der Waals surface area contributed by atoms with Gasteiger partial charge in [0, 0.05) is 16.1 Å². The van der Waals surface area contributed by atoms with Crippen molar-refractivity contribution in [3.8, 4) is 5.75 Å². The van der Waals surface area contributed by atoms with E-state index in [0.29, 0.717) is 15.5 Å². The number of nitro benzene ring substituents is 1. The summed E-state index contributed by atoms with van der Waals surface area (Å²) in [5.41, 5.74) is 3.25. The van der Waals surface area contributed by atoms with E-state index in [-0.39, 0.29) is 12.1 Å². The molecule has 0 aliphatic heterocycles. The molecule has 0 radical (unpaired) electrons. The highest BCUT2D eigenvalue weighted by atomic mass is 79.9. The molecule has 1 aromatic heterocycles. The van der Waals surface area contributed by atoms with Crippen LogP contribution in [0.3, 0.4) is 0 Å². The Bertz CT molecular complexity index is 1030. The van der Waals surface area contributed by atoms with E-state index in [9.17, 15) is 20.0 Å². The molecule has 11 heteroatoms. The van der Waals surface area contributed by atoms with Gasteiger partial charge in [-0.1, -0.05) is 33.3 Å². The number of hydrogen-bond donors (Lipinski definition) is 2. The molecule has 10 nitrogen and oxygen atoms in total. The summed E-state index contributed by atoms with van der Waals surface area (Å²) in [5, 5.41) is 32.3. The van der Waals surface area contributed by atoms with E-state index in [2.05, 4.69) is 36.8 Å². The lowest BCUT2D eigenvalue weighted by atomic mass is 10.2. The quantitative estimate of drug-likeness (QED) is 0.369. The Labute approximate surface area is 154 Å². The number of hydrogen-bond acceptors (Lipinski definition) is 7. The number of aromatic nitrogens is 3. The smallest absolute Gasteiger partial charge is 0.312 e. The zero-order valence-corrected chi connectivity index (χ0v) is 14.6. The van der Waals surface area contributed by atoms with Crippen LogP contribution in [0.25, 0.3) is 11.0 Å². The average Bonchev–Trinajstić information content (AvgIpc) is 3.00. The van der Waals surface area contributed by atoms with Crippen molar-refractivity contribution in [2.24, 2.45) is 5.10 Å². The van der Waals surface area contributed by atoms with E-state index in [1.807, 2.05) is 6.07 Å². The minimum absolute atomic E-state index is 0.0811. The molecule has 0 aliphatic carbocycles. The summed E-state index contributed by atoms with van der Waals surface area (Å²) < 4.78 is 1.81. The number of para-hydroxylation sites is 1. The molecule has 0 unspecified atom stereocenters. The number of halogens is 1. The van der Waals surface area contributed by atoms with Gasteiger partial charge in [0.25, 0.3) is 5.91 Å². The highest BCUT2D eigenvalue weighted by Crippen LogP contribution is 2.32. The Balaban J connectivity index is 1.71. The van der Waals surface area contributed by atoms with Gasteiger partial charge in [-0.3, -0.25) is 14.9 Å². The van der Waals surface area contributed by atoms with Gasteiger partial charge in [0.05, 0.1) is 16.7 Å². The van der Waals surface area contributed by atoms with Crippen LogP contribution in [0.1, 0.15) is 5.56 Å². The third-order valence-corrected chi connectivity index (χ3v) is 3.85. The fraction of sp³-hybridized carbons (Fsp3) is 0.0667. The second-order valence-electron chi connectivity index (χ2n) is 5.15. The maximum absolute atomic E-state index is 12.0. The largest absolute Gasteiger partial charge is 0.502 e. The third kappa shape index (κ3) is 3.67. The number of nitrogens with one attached hydrogen (secondary N) is 1. The predicted octanol–water partition coefficient (Wildman–Crippen LogP) is 1.96. The number of fused-ring (bicyclic) bond motifs is 1. The van der Waals surface area contributed by atoms with Crippen molar-refractivity contribution in [3.05, 3.63) is 56.5 Å². The van der Waals surface area contributed by atoms with Crippen molar-refractivity contribution in [2.45, 2.75) is 6.54 Å². The van der Waals surface area contributed by atoms with Crippen LogP contribution in [0.15, 0.2) is 46.0 Å². The maximum atomic E-state index is 12.0. The molecule has 0 saturated heterocycles. The van der Waals surface area contributed by atoms with Gasteiger partial charge in [0.1, 0.15) is 12.1 Å². The summed E-state index contributed by atoms with van der Waals surface area (Å²) in [6, 6.07) is 9.78. The minimum Gasteiger partial charge on any atom is -0.502 e. The first-order valence-electron chi connectivity index (χ1n) is 7.22. The molecule has 0 fully saturated rings. The van der Waals surface area contributed by atoms with Crippen LogP contribution in [0, 0.1) is 10.1 Å². The second-order valence-corrected chi connectivity index (χ2v) is 6.06. The normalized spacial score (nSPS) is 11.1. The first-order chi connectivity index (χ1) is 12.5. The molecular formula is C15H11BrN6O4. The van der Waals surface area contributed by atoms with Gasteiger partial charge in [-0.2, -0.15) is 5.10 Å². The Morgan fingerprint density at radius 3 is 2.96 bits per heavy atom. The molecule has 2 aromatic carbocycles. The minimum atomic E-state index is -0.716. The van der Waals surface area contributed by atoms with Gasteiger partial charge in [0.2, 0.25) is 5.75 Å². The van der Waals surface area contributed by atoms with E-state index in [1.54, 1.807) is 18.2 Å². The molecule has 0 bridgehead atoms. The van der Waals surface area contributed by atoms with Crippen LogP contribution < -0.4 is 5.43 Å². The molecule has 132 valence electrons. The Morgan fingerprint density at radius 1 is 1.42 bits per heavy atom. The summed E-state index contributed by atoms with van der Waals surface area (Å²) in [4.78, 5) is 22.1. The fourth-order valence-electron chi connectivity index (χ4n) is 2.22. The lowest BCUT2D eigenvalue weighted by molar-refractivity contribution is -0.385. The molecule has 1 heterocycles. The summed E-state index contributed by atoms with van der Waals surface area (Å²) >= 11 is 3.12. The third-order valence-electron chi connectivity index (χ3n) is 3.39. The first-order valence-corrected chi connectivity index (χ1v) is 8.02. The Morgan fingerprint density at radius 2 is 2.19 bits per heavy atom. The molecule has 1 amide bonds. The van der Waals surface area contributed by atoms with E-state index in [1.165, 1.54) is 16.8 Å². The molecule has 0 saturated carbocycles. The first kappa shape index (κ1) is 17.5. The molecule has 0 spiro atoms. The average molecular weight is 419 g/mol. The van der Waals surface area contributed by atoms with Crippen molar-refractivity contribution < 1.29 is 14.8 Å². The van der Waals surface area contributed by atoms with E-state index < -0.39 is 22.3 Å². The van der Waals surface area contributed by atoms with E-state index >= 15 is 0 Å². The molecule has 26 heavy (non-hydrogen) atoms. The molecule has 3 rings (SSSR count). The summed E-state index contributed by atoms with van der Waals surface area (Å²) in [6.45, 7) is -0.109. The van der Waals surface area contributed by atoms with Crippen LogP contribution in [0.2, 0.25) is 0 Å². The molecule has 0 atom stereocenters. The maximum Gasteiger partial charge on any atom is 0.312 e. The van der Waals surface area contributed by atoms with Gasteiger partial charge < -0.3 is 5.11 Å². The summed E-state index contributed by atoms with van der Waals surface area (Å²) in [7, 11) is 0. The number of phenols is 1. The van der Waals surface area contributed by atoms with E-state index in [0.717, 1.165) is 6.21 Å². The highest BCUT2D eigenvalue weighted by molar-refractivity contribution is 9.10. The zero-order valence-electron chi connectivity index (χ0n) is 13.0. The number of benzene rings is 2. The van der Waals surface area contributed by atoms with Gasteiger partial charge in [0.15, 0.2) is 0 Å². The number of phenolic OH excluding ortho intramolecular Hbond substituents is 1. The van der Waals surface area contributed by atoms with E-state index in [4.69, 9.17) is 0 Å². The van der Waals surface area contributed by atoms with Gasteiger partial charge >= 0.3 is 5.69 Å². The number of rotatable bonds is 5. The lowest BCUT2D eigenvalue weighted by Crippen LogP contribution is -2.23. The monoisotopic (exact) mass is 418 g/mol. The van der Waals surface area contributed by atoms with Crippen LogP contribution in [0.5, 0.6) is 5.75 Å². The van der Waals surface area contributed by atoms with Crippen LogP contribution in [-0.4, -0.2) is 37.1 Å². The van der Waals surface area contributed by atoms with Crippen LogP contribution in [-0.2, 0) is 11.3 Å². The number of nitrogens with zero attached hydrogens (tertiary/aromatic N) is 5. The zero-order chi connectivity index (χ0) is 18.7. The molecule has 3 aromatic rings. The highest BCUT2D eigenvalue weighted by Gasteiger charge is 2.17. The van der Waals surface area contributed by atoms with Crippen LogP contribution >= 0.6 is 15.9 Å². The van der Waals surface area contributed by atoms with Crippen molar-refractivity contribution in [3.63, 3.8) is 0 Å². The SMILES string of the molecule is O=C(Cn1nnc2ccccc21)N/N=C/c1cc(Br)cc([N+](=O)[O-])c1O. The number of hydrazone groups is 1. The van der Waals surface area contributed by atoms with Crippen molar-refractivity contribution in [2.75, 3.05) is 0 Å². The number of amides is 1. The van der Waals surface area contributed by atoms with Gasteiger partial charge in [-0.25, -0.2) is 10.1 Å². The summed E-state index contributed by atoms with van der Waals surface area (Å²) in [5.74, 6) is -1.01.